The van der Waals surface area contributed by atoms with Gasteiger partial charge in [0, 0.05) is 0 Å². The maximum absolute atomic E-state index is 11.3. The summed E-state index contributed by atoms with van der Waals surface area (Å²) in [6, 6.07) is 5.99. The number of anilines is 1. The summed E-state index contributed by atoms with van der Waals surface area (Å²) in [4.78, 5) is 11.3. The van der Waals surface area contributed by atoms with Crippen molar-refractivity contribution >= 4 is 21.9 Å². The summed E-state index contributed by atoms with van der Waals surface area (Å²) < 4.78 is 31.2. The van der Waals surface area contributed by atoms with Crippen LogP contribution in [-0.4, -0.2) is 18.9 Å². The molecule has 0 bridgehead atoms. The van der Waals surface area contributed by atoms with E-state index in [0.29, 0.717) is 4.41 Å². The SMILES string of the molecule is O=C1NNN(S(=O)(=O)O)c2ccccc21. The van der Waals surface area contributed by atoms with Gasteiger partial charge in [0.05, 0.1) is 11.3 Å². The van der Waals surface area contributed by atoms with Gasteiger partial charge in [-0.3, -0.25) is 14.8 Å². The van der Waals surface area contributed by atoms with Crippen LogP contribution in [0.5, 0.6) is 0 Å². The van der Waals surface area contributed by atoms with Crippen molar-refractivity contribution in [3.05, 3.63) is 29.8 Å². The number of benzene rings is 1. The molecule has 0 atom stereocenters. The molecule has 80 valence electrons. The Labute approximate surface area is 85.5 Å². The Morgan fingerprint density at radius 3 is 2.60 bits per heavy atom. The van der Waals surface area contributed by atoms with Crippen molar-refractivity contribution in [3.63, 3.8) is 0 Å². The van der Waals surface area contributed by atoms with Crippen LogP contribution in [0.25, 0.3) is 0 Å². The van der Waals surface area contributed by atoms with Gasteiger partial charge in [0.2, 0.25) is 0 Å². The molecule has 8 heteroatoms. The molecule has 0 aliphatic carbocycles. The van der Waals surface area contributed by atoms with E-state index in [-0.39, 0.29) is 11.3 Å². The van der Waals surface area contributed by atoms with Crippen molar-refractivity contribution < 1.29 is 17.8 Å². The number of rotatable bonds is 1. The lowest BCUT2D eigenvalue weighted by molar-refractivity contribution is 0.0926. The van der Waals surface area contributed by atoms with Crippen molar-refractivity contribution in [2.45, 2.75) is 0 Å². The molecule has 0 saturated heterocycles. The van der Waals surface area contributed by atoms with E-state index in [1.54, 1.807) is 12.1 Å². The highest BCUT2D eigenvalue weighted by Gasteiger charge is 2.29. The van der Waals surface area contributed by atoms with Crippen LogP contribution in [-0.2, 0) is 10.3 Å². The summed E-state index contributed by atoms with van der Waals surface area (Å²) in [7, 11) is -4.46. The number of carbonyl (C=O) groups excluding carboxylic acids is 1. The topological polar surface area (TPSA) is 98.7 Å². The van der Waals surface area contributed by atoms with Gasteiger partial charge in [-0.1, -0.05) is 12.1 Å². The molecule has 0 fully saturated rings. The number of hydrogen-bond donors (Lipinski definition) is 3. The summed E-state index contributed by atoms with van der Waals surface area (Å²) in [5.74, 6) is -0.467. The monoisotopic (exact) mass is 229 g/mol. The molecule has 0 spiro atoms. The smallest absolute Gasteiger partial charge is 0.268 e. The van der Waals surface area contributed by atoms with Gasteiger partial charge in [0.1, 0.15) is 0 Å². The number of fused-ring (bicyclic) bond motifs is 1. The molecule has 0 unspecified atom stereocenters. The average molecular weight is 229 g/mol. The first kappa shape index (κ1) is 9.90. The van der Waals surface area contributed by atoms with E-state index in [1.165, 1.54) is 12.1 Å². The van der Waals surface area contributed by atoms with E-state index in [2.05, 4.69) is 11.0 Å². The predicted octanol–water partition coefficient (Wildman–Crippen LogP) is -0.541. The molecule has 1 amide bonds. The lowest BCUT2D eigenvalue weighted by atomic mass is 10.1. The number of nitrogens with zero attached hydrogens (tertiary/aromatic N) is 1. The first-order chi connectivity index (χ1) is 7.00. The molecular weight excluding hydrogens is 222 g/mol. The van der Waals surface area contributed by atoms with Crippen LogP contribution in [0, 0.1) is 0 Å². The first-order valence-corrected chi connectivity index (χ1v) is 5.32. The van der Waals surface area contributed by atoms with Crippen molar-refractivity contribution in [1.82, 2.24) is 11.0 Å². The third-order valence-electron chi connectivity index (χ3n) is 1.87. The van der Waals surface area contributed by atoms with Gasteiger partial charge in [-0.05, 0) is 12.1 Å². The molecule has 3 N–H and O–H groups in total. The molecule has 0 aromatic heterocycles. The van der Waals surface area contributed by atoms with Gasteiger partial charge < -0.3 is 0 Å². The third kappa shape index (κ3) is 1.65. The number of hydrogen-bond acceptors (Lipinski definition) is 4. The molecule has 1 heterocycles. The third-order valence-corrected chi connectivity index (χ3v) is 2.62. The van der Waals surface area contributed by atoms with Crippen LogP contribution in [0.2, 0.25) is 0 Å². The first-order valence-electron chi connectivity index (χ1n) is 3.93. The second-order valence-corrected chi connectivity index (χ2v) is 4.09. The van der Waals surface area contributed by atoms with Gasteiger partial charge in [-0.2, -0.15) is 12.8 Å². The standard InChI is InChI=1S/C7H7N3O4S/c11-7-5-3-1-2-4-6(5)10(9-8-7)15(12,13)14/h1-4,9H,(H,8,11)(H,12,13,14). The van der Waals surface area contributed by atoms with Crippen LogP contribution < -0.4 is 15.4 Å². The summed E-state index contributed by atoms with van der Waals surface area (Å²) >= 11 is 0. The summed E-state index contributed by atoms with van der Waals surface area (Å²) in [6.45, 7) is 0. The predicted molar refractivity (Wildman–Crippen MR) is 51.1 cm³/mol. The van der Waals surface area contributed by atoms with Crippen molar-refractivity contribution in [1.29, 1.82) is 0 Å². The maximum Gasteiger partial charge on any atom is 0.375 e. The Bertz CT molecular complexity index is 513. The van der Waals surface area contributed by atoms with Crippen molar-refractivity contribution in [2.24, 2.45) is 0 Å². The molecule has 2 rings (SSSR count). The molecular formula is C7H7N3O4S. The molecule has 7 nitrogen and oxygen atoms in total. The van der Waals surface area contributed by atoms with Gasteiger partial charge in [-0.25, -0.2) is 0 Å². The normalized spacial score (nSPS) is 15.8. The Kier molecular flexibility index (Phi) is 2.11. The zero-order chi connectivity index (χ0) is 11.1. The highest BCUT2D eigenvalue weighted by atomic mass is 32.2. The second kappa shape index (κ2) is 3.19. The quantitative estimate of drug-likeness (QED) is 0.562. The van der Waals surface area contributed by atoms with Crippen LogP contribution in [0.4, 0.5) is 5.69 Å². The second-order valence-electron chi connectivity index (χ2n) is 2.83. The van der Waals surface area contributed by atoms with Crippen LogP contribution in [0.15, 0.2) is 24.3 Å². The fraction of sp³-hybridized carbons (Fsp3) is 0. The van der Waals surface area contributed by atoms with Crippen LogP contribution >= 0.6 is 0 Å². The minimum Gasteiger partial charge on any atom is -0.268 e. The number of nitrogens with one attached hydrogen (secondary N) is 2. The Hall–Kier alpha value is -1.64. The lowest BCUT2D eigenvalue weighted by Gasteiger charge is -2.27. The fourth-order valence-electron chi connectivity index (χ4n) is 1.25. The van der Waals surface area contributed by atoms with Crippen molar-refractivity contribution in [2.75, 3.05) is 4.41 Å². The van der Waals surface area contributed by atoms with E-state index in [4.69, 9.17) is 4.55 Å². The number of hydrazine groups is 2. The Morgan fingerprint density at radius 1 is 1.27 bits per heavy atom. The zero-order valence-corrected chi connectivity index (χ0v) is 8.15. The number of amides is 1. The van der Waals surface area contributed by atoms with Crippen LogP contribution in [0.1, 0.15) is 10.4 Å². The van der Waals surface area contributed by atoms with Crippen LogP contribution in [0.3, 0.4) is 0 Å². The van der Waals surface area contributed by atoms with Gasteiger partial charge in [0.15, 0.2) is 0 Å². The molecule has 0 saturated carbocycles. The summed E-state index contributed by atoms with van der Waals surface area (Å²) in [5.41, 5.74) is 4.39. The molecule has 1 aliphatic rings. The van der Waals surface area contributed by atoms with Crippen molar-refractivity contribution in [3.8, 4) is 0 Å². The highest BCUT2D eigenvalue weighted by Crippen LogP contribution is 2.22. The van der Waals surface area contributed by atoms with E-state index in [9.17, 15) is 13.2 Å². The minimum absolute atomic E-state index is 0.0729. The average Bonchev–Trinajstić information content (AvgIpc) is 2.17. The number of carbonyl (C=O) groups is 1. The number of para-hydroxylation sites is 1. The minimum atomic E-state index is -4.46. The Morgan fingerprint density at radius 2 is 1.93 bits per heavy atom. The Balaban J connectivity index is 2.59. The summed E-state index contributed by atoms with van der Waals surface area (Å²) in [5, 5.41) is 0. The molecule has 1 aromatic rings. The van der Waals surface area contributed by atoms with E-state index >= 15 is 0 Å². The van der Waals surface area contributed by atoms with Gasteiger partial charge in [-0.15, -0.1) is 5.53 Å². The fourth-order valence-corrected chi connectivity index (χ4v) is 1.82. The van der Waals surface area contributed by atoms with Gasteiger partial charge >= 0.3 is 10.3 Å². The molecule has 0 radical (unpaired) electrons. The molecule has 1 aromatic carbocycles. The highest BCUT2D eigenvalue weighted by molar-refractivity contribution is 7.87. The maximum atomic E-state index is 11.3. The van der Waals surface area contributed by atoms with E-state index in [0.717, 1.165) is 0 Å². The molecule has 15 heavy (non-hydrogen) atoms. The van der Waals surface area contributed by atoms with E-state index < -0.39 is 16.2 Å². The van der Waals surface area contributed by atoms with E-state index in [1.807, 2.05) is 0 Å². The largest absolute Gasteiger partial charge is 0.375 e. The summed E-state index contributed by atoms with van der Waals surface area (Å²) in [6.07, 6.45) is 0. The zero-order valence-electron chi connectivity index (χ0n) is 7.34. The van der Waals surface area contributed by atoms with Gasteiger partial charge in [0.25, 0.3) is 5.91 Å². The molecule has 1 aliphatic heterocycles. The lowest BCUT2D eigenvalue weighted by Crippen LogP contribution is -2.56.